The number of benzene rings is 1. The van der Waals surface area contributed by atoms with E-state index in [9.17, 15) is 4.79 Å². The van der Waals surface area contributed by atoms with E-state index >= 15 is 0 Å². The van der Waals surface area contributed by atoms with Crippen molar-refractivity contribution < 1.29 is 9.53 Å². The van der Waals surface area contributed by atoms with Gasteiger partial charge in [0.15, 0.2) is 0 Å². The van der Waals surface area contributed by atoms with Crippen LogP contribution in [-0.4, -0.2) is 22.1 Å². The van der Waals surface area contributed by atoms with Gasteiger partial charge in [-0.25, -0.2) is 9.78 Å². The lowest BCUT2D eigenvalue weighted by atomic mass is 10.2. The first-order valence-corrected chi connectivity index (χ1v) is 7.13. The third kappa shape index (κ3) is 3.84. The molecule has 1 heterocycles. The standard InChI is InChI=1S/C16H21N3O2/c1-4-21-16(20)13-5-7-14(8-6-13)18-10-15-9-17-11-19(15)12(2)3/h5-9,11-12,18H,4,10H2,1-3H3. The first kappa shape index (κ1) is 15.1. The fourth-order valence-corrected chi connectivity index (χ4v) is 2.07. The SMILES string of the molecule is CCOC(=O)c1ccc(NCc2cncn2C(C)C)cc1. The molecule has 2 aromatic rings. The van der Waals surface area contributed by atoms with Crippen LogP contribution in [-0.2, 0) is 11.3 Å². The highest BCUT2D eigenvalue weighted by atomic mass is 16.5. The number of carbonyl (C=O) groups excluding carboxylic acids is 1. The van der Waals surface area contributed by atoms with E-state index in [4.69, 9.17) is 4.74 Å². The number of aromatic nitrogens is 2. The summed E-state index contributed by atoms with van der Waals surface area (Å²) in [5, 5.41) is 3.33. The molecule has 0 unspecified atom stereocenters. The van der Waals surface area contributed by atoms with Crippen molar-refractivity contribution in [2.24, 2.45) is 0 Å². The van der Waals surface area contributed by atoms with Gasteiger partial charge >= 0.3 is 5.97 Å². The summed E-state index contributed by atoms with van der Waals surface area (Å²) in [5.74, 6) is -0.290. The molecule has 0 aliphatic rings. The van der Waals surface area contributed by atoms with Crippen molar-refractivity contribution in [2.75, 3.05) is 11.9 Å². The summed E-state index contributed by atoms with van der Waals surface area (Å²) in [6.45, 7) is 7.12. The van der Waals surface area contributed by atoms with Crippen LogP contribution in [0.25, 0.3) is 0 Å². The number of nitrogens with one attached hydrogen (secondary N) is 1. The maximum atomic E-state index is 11.6. The van der Waals surface area contributed by atoms with Gasteiger partial charge in [0.1, 0.15) is 0 Å². The molecule has 5 heteroatoms. The molecule has 0 saturated heterocycles. The van der Waals surface area contributed by atoms with E-state index in [2.05, 4.69) is 28.7 Å². The number of imidazole rings is 1. The van der Waals surface area contributed by atoms with E-state index in [-0.39, 0.29) is 5.97 Å². The summed E-state index contributed by atoms with van der Waals surface area (Å²) < 4.78 is 7.08. The normalized spacial score (nSPS) is 10.7. The number of rotatable bonds is 6. The van der Waals surface area contributed by atoms with Crippen molar-refractivity contribution in [1.82, 2.24) is 9.55 Å². The molecule has 0 bridgehead atoms. The van der Waals surface area contributed by atoms with Crippen LogP contribution in [0.2, 0.25) is 0 Å². The van der Waals surface area contributed by atoms with Gasteiger partial charge in [-0.15, -0.1) is 0 Å². The molecular formula is C16H21N3O2. The number of ether oxygens (including phenoxy) is 1. The summed E-state index contributed by atoms with van der Waals surface area (Å²) >= 11 is 0. The van der Waals surface area contributed by atoms with Crippen LogP contribution in [0.4, 0.5) is 5.69 Å². The second-order valence-corrected chi connectivity index (χ2v) is 5.04. The molecular weight excluding hydrogens is 266 g/mol. The molecule has 112 valence electrons. The minimum atomic E-state index is -0.290. The monoisotopic (exact) mass is 287 g/mol. The van der Waals surface area contributed by atoms with Gasteiger partial charge in [-0.1, -0.05) is 0 Å². The van der Waals surface area contributed by atoms with Crippen LogP contribution in [0.3, 0.4) is 0 Å². The van der Waals surface area contributed by atoms with Crippen molar-refractivity contribution in [2.45, 2.75) is 33.4 Å². The van der Waals surface area contributed by atoms with E-state index in [0.717, 1.165) is 11.4 Å². The highest BCUT2D eigenvalue weighted by Gasteiger charge is 2.07. The van der Waals surface area contributed by atoms with Gasteiger partial charge in [0, 0.05) is 17.9 Å². The van der Waals surface area contributed by atoms with Crippen molar-refractivity contribution in [1.29, 1.82) is 0 Å². The smallest absolute Gasteiger partial charge is 0.338 e. The van der Waals surface area contributed by atoms with Gasteiger partial charge < -0.3 is 14.6 Å². The minimum Gasteiger partial charge on any atom is -0.462 e. The Bertz CT molecular complexity index is 588. The Morgan fingerprint density at radius 3 is 2.67 bits per heavy atom. The molecule has 0 amide bonds. The van der Waals surface area contributed by atoms with E-state index in [1.54, 1.807) is 19.1 Å². The van der Waals surface area contributed by atoms with Crippen LogP contribution in [0.1, 0.15) is 42.9 Å². The number of esters is 1. The number of hydrogen-bond acceptors (Lipinski definition) is 4. The highest BCUT2D eigenvalue weighted by molar-refractivity contribution is 5.89. The number of carbonyl (C=O) groups is 1. The second kappa shape index (κ2) is 6.92. The Kier molecular flexibility index (Phi) is 4.98. The van der Waals surface area contributed by atoms with Gasteiger partial charge in [-0.05, 0) is 45.0 Å². The molecule has 0 atom stereocenters. The third-order valence-corrected chi connectivity index (χ3v) is 3.17. The topological polar surface area (TPSA) is 56.1 Å². The third-order valence-electron chi connectivity index (χ3n) is 3.17. The van der Waals surface area contributed by atoms with Crippen molar-refractivity contribution in [3.8, 4) is 0 Å². The zero-order valence-electron chi connectivity index (χ0n) is 12.7. The van der Waals surface area contributed by atoms with Crippen molar-refractivity contribution >= 4 is 11.7 Å². The summed E-state index contributed by atoms with van der Waals surface area (Å²) in [6.07, 6.45) is 3.70. The predicted molar refractivity (Wildman–Crippen MR) is 82.3 cm³/mol. The summed E-state index contributed by atoms with van der Waals surface area (Å²) in [5.41, 5.74) is 2.65. The fraction of sp³-hybridized carbons (Fsp3) is 0.375. The van der Waals surface area contributed by atoms with Crippen molar-refractivity contribution in [3.05, 3.63) is 48.0 Å². The first-order chi connectivity index (χ1) is 10.1. The van der Waals surface area contributed by atoms with E-state index in [1.165, 1.54) is 0 Å². The van der Waals surface area contributed by atoms with Crippen LogP contribution >= 0.6 is 0 Å². The second-order valence-electron chi connectivity index (χ2n) is 5.04. The molecule has 1 aromatic carbocycles. The molecule has 1 aromatic heterocycles. The maximum absolute atomic E-state index is 11.6. The van der Waals surface area contributed by atoms with Gasteiger partial charge in [-0.2, -0.15) is 0 Å². The fourth-order valence-electron chi connectivity index (χ4n) is 2.07. The van der Waals surface area contributed by atoms with Crippen LogP contribution in [0.15, 0.2) is 36.8 Å². The number of nitrogens with zero attached hydrogens (tertiary/aromatic N) is 2. The lowest BCUT2D eigenvalue weighted by molar-refractivity contribution is 0.0526. The van der Waals surface area contributed by atoms with E-state index in [1.807, 2.05) is 24.7 Å². The molecule has 0 saturated carbocycles. The van der Waals surface area contributed by atoms with Crippen molar-refractivity contribution in [3.63, 3.8) is 0 Å². The number of anilines is 1. The molecule has 2 rings (SSSR count). The van der Waals surface area contributed by atoms with Gasteiger partial charge in [0.25, 0.3) is 0 Å². The average Bonchev–Trinajstić information content (AvgIpc) is 2.94. The van der Waals surface area contributed by atoms with Crippen LogP contribution < -0.4 is 5.32 Å². The first-order valence-electron chi connectivity index (χ1n) is 7.13. The molecule has 0 aliphatic carbocycles. The van der Waals surface area contributed by atoms with Crippen LogP contribution in [0.5, 0.6) is 0 Å². The predicted octanol–water partition coefficient (Wildman–Crippen LogP) is 3.25. The Labute approximate surface area is 125 Å². The molecule has 5 nitrogen and oxygen atoms in total. The lowest BCUT2D eigenvalue weighted by Crippen LogP contribution is -2.09. The van der Waals surface area contributed by atoms with Gasteiger partial charge in [-0.3, -0.25) is 0 Å². The molecule has 1 N–H and O–H groups in total. The Balaban J connectivity index is 1.97. The Morgan fingerprint density at radius 2 is 2.05 bits per heavy atom. The Morgan fingerprint density at radius 1 is 1.33 bits per heavy atom. The minimum absolute atomic E-state index is 0.290. The zero-order chi connectivity index (χ0) is 15.2. The summed E-state index contributed by atoms with van der Waals surface area (Å²) in [7, 11) is 0. The average molecular weight is 287 g/mol. The van der Waals surface area contributed by atoms with Crippen LogP contribution in [0, 0.1) is 0 Å². The Hall–Kier alpha value is -2.30. The zero-order valence-corrected chi connectivity index (χ0v) is 12.7. The highest BCUT2D eigenvalue weighted by Crippen LogP contribution is 2.14. The van der Waals surface area contributed by atoms with Gasteiger partial charge in [0.05, 0.1) is 30.7 Å². The molecule has 0 spiro atoms. The maximum Gasteiger partial charge on any atom is 0.338 e. The summed E-state index contributed by atoms with van der Waals surface area (Å²) in [6, 6.07) is 7.67. The van der Waals surface area contributed by atoms with E-state index in [0.29, 0.717) is 24.8 Å². The largest absolute Gasteiger partial charge is 0.462 e. The molecule has 0 radical (unpaired) electrons. The van der Waals surface area contributed by atoms with E-state index < -0.39 is 0 Å². The molecule has 0 aliphatic heterocycles. The quantitative estimate of drug-likeness (QED) is 0.829. The molecule has 21 heavy (non-hydrogen) atoms. The lowest BCUT2D eigenvalue weighted by Gasteiger charge is -2.13. The summed E-state index contributed by atoms with van der Waals surface area (Å²) in [4.78, 5) is 15.7. The number of hydrogen-bond donors (Lipinski definition) is 1. The molecule has 0 fully saturated rings. The van der Waals surface area contributed by atoms with Gasteiger partial charge in [0.2, 0.25) is 0 Å².